The van der Waals surface area contributed by atoms with Gasteiger partial charge in [-0.2, -0.15) is 0 Å². The molecular weight excluding hydrogens is 394 g/mol. The molecule has 8 nitrogen and oxygen atoms in total. The van der Waals surface area contributed by atoms with Gasteiger partial charge in [-0.15, -0.1) is 0 Å². The van der Waals surface area contributed by atoms with E-state index in [-0.39, 0.29) is 35.5 Å². The van der Waals surface area contributed by atoms with Crippen LogP contribution in [-0.4, -0.2) is 32.8 Å². The summed E-state index contributed by atoms with van der Waals surface area (Å²) in [7, 11) is 0. The van der Waals surface area contributed by atoms with Gasteiger partial charge in [-0.1, -0.05) is 12.1 Å². The molecule has 8 heteroatoms. The van der Waals surface area contributed by atoms with Crippen LogP contribution in [0.5, 0.6) is 6.01 Å². The lowest BCUT2D eigenvalue weighted by atomic mass is 10.1. The number of nitrogens with zero attached hydrogens (tertiary/aromatic N) is 3. The Morgan fingerprint density at radius 2 is 1.81 bits per heavy atom. The number of hydrogen-bond acceptors (Lipinski definition) is 6. The number of hydrogen-bond donors (Lipinski definition) is 2. The summed E-state index contributed by atoms with van der Waals surface area (Å²) < 4.78 is 5.69. The molecule has 1 aliphatic carbocycles. The van der Waals surface area contributed by atoms with Crippen LogP contribution in [0.1, 0.15) is 57.8 Å². The van der Waals surface area contributed by atoms with Crippen molar-refractivity contribution >= 4 is 17.5 Å². The fourth-order valence-corrected chi connectivity index (χ4v) is 2.92. The second kappa shape index (κ2) is 8.91. The SMILES string of the molecule is Cc1ccc(C(=O)NC2CC2)cc1NC(=O)c1cnc(OC(C)c2ccccn2)nc1. The van der Waals surface area contributed by atoms with Gasteiger partial charge in [0.2, 0.25) is 0 Å². The number of aromatic nitrogens is 3. The van der Waals surface area contributed by atoms with Crippen molar-refractivity contribution in [2.24, 2.45) is 0 Å². The van der Waals surface area contributed by atoms with Gasteiger partial charge < -0.3 is 15.4 Å². The molecule has 1 aliphatic rings. The first kappa shape index (κ1) is 20.5. The number of rotatable bonds is 7. The van der Waals surface area contributed by atoms with Crippen LogP contribution in [-0.2, 0) is 0 Å². The third-order valence-electron chi connectivity index (χ3n) is 4.94. The molecule has 1 fully saturated rings. The Labute approximate surface area is 180 Å². The summed E-state index contributed by atoms with van der Waals surface area (Å²) in [5.41, 5.74) is 2.97. The number of carbonyl (C=O) groups is 2. The normalized spacial score (nSPS) is 13.9. The van der Waals surface area contributed by atoms with Crippen molar-refractivity contribution in [1.29, 1.82) is 0 Å². The Morgan fingerprint density at radius 3 is 2.48 bits per heavy atom. The predicted molar refractivity (Wildman–Crippen MR) is 115 cm³/mol. The third-order valence-corrected chi connectivity index (χ3v) is 4.94. The van der Waals surface area contributed by atoms with Crippen molar-refractivity contribution in [1.82, 2.24) is 20.3 Å². The molecule has 2 aromatic heterocycles. The average molecular weight is 417 g/mol. The third kappa shape index (κ3) is 5.22. The zero-order chi connectivity index (χ0) is 21.8. The summed E-state index contributed by atoms with van der Waals surface area (Å²) in [6, 6.07) is 11.2. The van der Waals surface area contributed by atoms with Gasteiger partial charge in [-0.3, -0.25) is 14.6 Å². The number of anilines is 1. The fourth-order valence-electron chi connectivity index (χ4n) is 2.92. The van der Waals surface area contributed by atoms with Crippen molar-refractivity contribution in [3.63, 3.8) is 0 Å². The standard InChI is InChI=1S/C23H23N5O3/c1-14-6-7-16(21(29)27-18-8-9-18)11-20(14)28-22(30)17-12-25-23(26-13-17)31-15(2)19-5-3-4-10-24-19/h3-7,10-13,15,18H,8-9H2,1-2H3,(H,27,29)(H,28,30). The Hall–Kier alpha value is -3.81. The van der Waals surface area contributed by atoms with Gasteiger partial charge in [-0.25, -0.2) is 9.97 Å². The van der Waals surface area contributed by atoms with Gasteiger partial charge in [0.1, 0.15) is 6.10 Å². The minimum atomic E-state index is -0.368. The second-order valence-corrected chi connectivity index (χ2v) is 7.50. The summed E-state index contributed by atoms with van der Waals surface area (Å²) in [6.07, 6.45) is 6.20. The van der Waals surface area contributed by atoms with Crippen molar-refractivity contribution in [3.8, 4) is 6.01 Å². The monoisotopic (exact) mass is 417 g/mol. The molecule has 0 aliphatic heterocycles. The van der Waals surface area contributed by atoms with Gasteiger partial charge >= 0.3 is 6.01 Å². The quantitative estimate of drug-likeness (QED) is 0.610. The number of benzene rings is 1. The molecule has 158 valence electrons. The summed E-state index contributed by atoms with van der Waals surface area (Å²) in [4.78, 5) is 37.4. The van der Waals surface area contributed by atoms with E-state index >= 15 is 0 Å². The van der Waals surface area contributed by atoms with Gasteiger partial charge in [0.05, 0.1) is 11.3 Å². The van der Waals surface area contributed by atoms with E-state index in [1.54, 1.807) is 18.3 Å². The van der Waals surface area contributed by atoms with Crippen molar-refractivity contribution < 1.29 is 14.3 Å². The minimum absolute atomic E-state index is 0.134. The maximum Gasteiger partial charge on any atom is 0.316 e. The fraction of sp³-hybridized carbons (Fsp3) is 0.261. The largest absolute Gasteiger partial charge is 0.454 e. The lowest BCUT2D eigenvalue weighted by molar-refractivity contribution is 0.0949. The minimum Gasteiger partial charge on any atom is -0.454 e. The van der Waals surface area contributed by atoms with Gasteiger partial charge in [0, 0.05) is 35.9 Å². The van der Waals surface area contributed by atoms with Gasteiger partial charge in [0.15, 0.2) is 0 Å². The molecule has 3 aromatic rings. The van der Waals surface area contributed by atoms with Crippen molar-refractivity contribution in [2.45, 2.75) is 38.8 Å². The number of nitrogens with one attached hydrogen (secondary N) is 2. The highest BCUT2D eigenvalue weighted by atomic mass is 16.5. The van der Waals surface area contributed by atoms with Crippen molar-refractivity contribution in [2.75, 3.05) is 5.32 Å². The highest BCUT2D eigenvalue weighted by Crippen LogP contribution is 2.22. The zero-order valence-corrected chi connectivity index (χ0v) is 17.3. The maximum absolute atomic E-state index is 12.6. The molecule has 2 N–H and O–H groups in total. The molecule has 1 unspecified atom stereocenters. The average Bonchev–Trinajstić information content (AvgIpc) is 3.60. The van der Waals surface area contributed by atoms with Crippen LogP contribution in [0.25, 0.3) is 0 Å². The number of aryl methyl sites for hydroxylation is 1. The molecule has 1 aromatic carbocycles. The van der Waals surface area contributed by atoms with E-state index in [1.807, 2.05) is 38.1 Å². The first-order valence-electron chi connectivity index (χ1n) is 10.1. The van der Waals surface area contributed by atoms with Crippen LogP contribution in [0.2, 0.25) is 0 Å². The van der Waals surface area contributed by atoms with Crippen LogP contribution in [0.4, 0.5) is 5.69 Å². The van der Waals surface area contributed by atoms with E-state index < -0.39 is 0 Å². The molecule has 1 atom stereocenters. The van der Waals surface area contributed by atoms with Gasteiger partial charge in [0.25, 0.3) is 11.8 Å². The van der Waals surface area contributed by atoms with Crippen LogP contribution in [0.15, 0.2) is 55.0 Å². The molecule has 0 saturated heterocycles. The number of pyridine rings is 1. The smallest absolute Gasteiger partial charge is 0.316 e. The molecule has 2 amide bonds. The molecule has 0 bridgehead atoms. The van der Waals surface area contributed by atoms with E-state index in [1.165, 1.54) is 12.4 Å². The topological polar surface area (TPSA) is 106 Å². The molecule has 0 spiro atoms. The Bertz CT molecular complexity index is 1080. The van der Waals surface area contributed by atoms with Crippen LogP contribution in [0, 0.1) is 6.92 Å². The summed E-state index contributed by atoms with van der Waals surface area (Å²) in [6.45, 7) is 3.71. The summed E-state index contributed by atoms with van der Waals surface area (Å²) >= 11 is 0. The Kier molecular flexibility index (Phi) is 5.88. The van der Waals surface area contributed by atoms with E-state index in [2.05, 4.69) is 25.6 Å². The summed E-state index contributed by atoms with van der Waals surface area (Å²) in [5.74, 6) is -0.503. The maximum atomic E-state index is 12.6. The first-order chi connectivity index (χ1) is 15.0. The Morgan fingerprint density at radius 1 is 1.03 bits per heavy atom. The predicted octanol–water partition coefficient (Wildman–Crippen LogP) is 3.46. The first-order valence-corrected chi connectivity index (χ1v) is 10.1. The molecule has 2 heterocycles. The lowest BCUT2D eigenvalue weighted by Crippen LogP contribution is -2.25. The molecule has 1 saturated carbocycles. The van der Waals surface area contributed by atoms with E-state index in [0.29, 0.717) is 11.3 Å². The Balaban J connectivity index is 1.41. The van der Waals surface area contributed by atoms with Crippen LogP contribution in [0.3, 0.4) is 0 Å². The van der Waals surface area contributed by atoms with Gasteiger partial charge in [-0.05, 0) is 56.5 Å². The molecule has 31 heavy (non-hydrogen) atoms. The molecule has 0 radical (unpaired) electrons. The van der Waals surface area contributed by atoms with E-state index in [0.717, 1.165) is 24.1 Å². The highest BCUT2D eigenvalue weighted by molar-refractivity contribution is 6.05. The number of carbonyl (C=O) groups excluding carboxylic acids is 2. The number of amides is 2. The second-order valence-electron chi connectivity index (χ2n) is 7.50. The highest BCUT2D eigenvalue weighted by Gasteiger charge is 2.24. The lowest BCUT2D eigenvalue weighted by Gasteiger charge is -2.13. The number of ether oxygens (including phenoxy) is 1. The molecule has 4 rings (SSSR count). The zero-order valence-electron chi connectivity index (χ0n) is 17.3. The van der Waals surface area contributed by atoms with E-state index in [9.17, 15) is 9.59 Å². The van der Waals surface area contributed by atoms with Crippen LogP contribution >= 0.6 is 0 Å². The molecular formula is C23H23N5O3. The van der Waals surface area contributed by atoms with E-state index in [4.69, 9.17) is 4.74 Å². The summed E-state index contributed by atoms with van der Waals surface area (Å²) in [5, 5.41) is 5.77. The van der Waals surface area contributed by atoms with Crippen molar-refractivity contribution in [3.05, 3.63) is 77.4 Å². The van der Waals surface area contributed by atoms with Crippen LogP contribution < -0.4 is 15.4 Å².